The minimum absolute atomic E-state index is 0.107. The van der Waals surface area contributed by atoms with Crippen molar-refractivity contribution in [2.45, 2.75) is 13.3 Å². The predicted octanol–water partition coefficient (Wildman–Crippen LogP) is 1.15. The molecule has 0 aromatic heterocycles. The summed E-state index contributed by atoms with van der Waals surface area (Å²) in [6.45, 7) is 4.04. The van der Waals surface area contributed by atoms with Crippen molar-refractivity contribution in [1.29, 1.82) is 0 Å². The fraction of sp³-hybridized carbons (Fsp3) is 0.500. The quantitative estimate of drug-likeness (QED) is 0.748. The summed E-state index contributed by atoms with van der Waals surface area (Å²) in [5.74, 6) is 0.444. The monoisotopic (exact) mass is 264 g/mol. The number of phenolic OH excluding ortho intramolecular Hbond substituents is 2. The lowest BCUT2D eigenvalue weighted by molar-refractivity contribution is 0.0617. The molecule has 0 saturated carbocycles. The Morgan fingerprint density at radius 3 is 2.58 bits per heavy atom. The number of aromatic hydroxyl groups is 2. The highest BCUT2D eigenvalue weighted by atomic mass is 16.3. The van der Waals surface area contributed by atoms with E-state index < -0.39 is 0 Å². The van der Waals surface area contributed by atoms with Crippen LogP contribution in [0.2, 0.25) is 0 Å². The van der Waals surface area contributed by atoms with Crippen LogP contribution in [0.25, 0.3) is 0 Å². The third kappa shape index (κ3) is 2.98. The number of nitrogens with zero attached hydrogens (tertiary/aromatic N) is 1. The molecule has 1 heterocycles. The van der Waals surface area contributed by atoms with Gasteiger partial charge in [-0.3, -0.25) is 4.79 Å². The van der Waals surface area contributed by atoms with Gasteiger partial charge in [0.15, 0.2) is 0 Å². The van der Waals surface area contributed by atoms with Crippen molar-refractivity contribution in [3.8, 4) is 11.5 Å². The zero-order valence-corrected chi connectivity index (χ0v) is 11.0. The molecule has 1 aliphatic rings. The van der Waals surface area contributed by atoms with Gasteiger partial charge in [-0.2, -0.15) is 0 Å². The molecule has 0 bridgehead atoms. The van der Waals surface area contributed by atoms with E-state index in [0.717, 1.165) is 6.42 Å². The van der Waals surface area contributed by atoms with Gasteiger partial charge in [0.2, 0.25) is 0 Å². The van der Waals surface area contributed by atoms with Gasteiger partial charge in [-0.05, 0) is 36.9 Å². The first kappa shape index (κ1) is 13.7. The van der Waals surface area contributed by atoms with Gasteiger partial charge in [0.1, 0.15) is 11.5 Å². The van der Waals surface area contributed by atoms with E-state index in [0.29, 0.717) is 37.0 Å². The molecular formula is C14H20N2O3. The summed E-state index contributed by atoms with van der Waals surface area (Å²) < 4.78 is 0. The van der Waals surface area contributed by atoms with Crippen LogP contribution < -0.4 is 5.73 Å². The van der Waals surface area contributed by atoms with E-state index >= 15 is 0 Å². The molecule has 5 nitrogen and oxygen atoms in total. The third-order valence-corrected chi connectivity index (χ3v) is 3.85. The lowest BCUT2D eigenvalue weighted by Crippen LogP contribution is -2.45. The van der Waals surface area contributed by atoms with Crippen LogP contribution in [0.3, 0.4) is 0 Å². The molecule has 4 N–H and O–H groups in total. The molecule has 2 rings (SSSR count). The van der Waals surface area contributed by atoms with Gasteiger partial charge in [0.25, 0.3) is 5.91 Å². The van der Waals surface area contributed by atoms with Crippen molar-refractivity contribution >= 4 is 5.91 Å². The summed E-state index contributed by atoms with van der Waals surface area (Å²) in [6.07, 6.45) is 0.929. The standard InChI is InChI=1S/C14H20N2O3/c1-9-2-3-16(8-11(9)7-15)14(19)10-4-12(17)6-13(18)5-10/h4-6,9,11,17-18H,2-3,7-8,15H2,1H3. The minimum Gasteiger partial charge on any atom is -0.508 e. The molecule has 1 amide bonds. The van der Waals surface area contributed by atoms with Gasteiger partial charge in [0.05, 0.1) is 0 Å². The van der Waals surface area contributed by atoms with Crippen LogP contribution >= 0.6 is 0 Å². The second-order valence-electron chi connectivity index (χ2n) is 5.25. The molecule has 1 aromatic rings. The number of hydrogen-bond donors (Lipinski definition) is 3. The number of rotatable bonds is 2. The topological polar surface area (TPSA) is 86.8 Å². The van der Waals surface area contributed by atoms with Gasteiger partial charge in [-0.15, -0.1) is 0 Å². The summed E-state index contributed by atoms with van der Waals surface area (Å²) in [5.41, 5.74) is 6.03. The highest BCUT2D eigenvalue weighted by Gasteiger charge is 2.28. The fourth-order valence-corrected chi connectivity index (χ4v) is 2.54. The number of hydrogen-bond acceptors (Lipinski definition) is 4. The van der Waals surface area contributed by atoms with Crippen molar-refractivity contribution in [1.82, 2.24) is 4.90 Å². The lowest BCUT2D eigenvalue weighted by atomic mass is 9.87. The van der Waals surface area contributed by atoms with Crippen LogP contribution in [0.1, 0.15) is 23.7 Å². The summed E-state index contributed by atoms with van der Waals surface area (Å²) in [6, 6.07) is 3.95. The maximum Gasteiger partial charge on any atom is 0.254 e. The number of phenols is 2. The second kappa shape index (κ2) is 5.48. The Morgan fingerprint density at radius 1 is 1.37 bits per heavy atom. The Balaban J connectivity index is 2.15. The Kier molecular flexibility index (Phi) is 3.95. The number of likely N-dealkylation sites (tertiary alicyclic amines) is 1. The molecule has 2 atom stereocenters. The maximum absolute atomic E-state index is 12.3. The van der Waals surface area contributed by atoms with Crippen LogP contribution in [-0.4, -0.2) is 40.7 Å². The third-order valence-electron chi connectivity index (χ3n) is 3.85. The molecule has 104 valence electrons. The van der Waals surface area contributed by atoms with Crippen molar-refractivity contribution < 1.29 is 15.0 Å². The fourth-order valence-electron chi connectivity index (χ4n) is 2.54. The van der Waals surface area contributed by atoms with E-state index in [-0.39, 0.29) is 17.4 Å². The number of carbonyl (C=O) groups excluding carboxylic acids is 1. The molecule has 19 heavy (non-hydrogen) atoms. The van der Waals surface area contributed by atoms with E-state index in [1.165, 1.54) is 18.2 Å². The van der Waals surface area contributed by atoms with Crippen molar-refractivity contribution in [2.75, 3.05) is 19.6 Å². The Bertz CT molecular complexity index is 456. The number of benzene rings is 1. The average Bonchev–Trinajstić information content (AvgIpc) is 2.37. The Morgan fingerprint density at radius 2 is 2.00 bits per heavy atom. The molecule has 1 fully saturated rings. The Hall–Kier alpha value is -1.75. The lowest BCUT2D eigenvalue weighted by Gasteiger charge is -2.36. The van der Waals surface area contributed by atoms with Gasteiger partial charge in [-0.25, -0.2) is 0 Å². The molecular weight excluding hydrogens is 244 g/mol. The zero-order chi connectivity index (χ0) is 14.0. The SMILES string of the molecule is CC1CCN(C(=O)c2cc(O)cc(O)c2)CC1CN. The molecule has 0 aliphatic carbocycles. The number of amides is 1. The van der Waals surface area contributed by atoms with Crippen LogP contribution in [0.15, 0.2) is 18.2 Å². The molecule has 0 radical (unpaired) electrons. The Labute approximate surface area is 112 Å². The average molecular weight is 264 g/mol. The summed E-state index contributed by atoms with van der Waals surface area (Å²) >= 11 is 0. The maximum atomic E-state index is 12.3. The van der Waals surface area contributed by atoms with Gasteiger partial charge in [-0.1, -0.05) is 6.92 Å². The van der Waals surface area contributed by atoms with E-state index in [1.807, 2.05) is 0 Å². The zero-order valence-electron chi connectivity index (χ0n) is 11.0. The molecule has 1 saturated heterocycles. The molecule has 1 aromatic carbocycles. The second-order valence-corrected chi connectivity index (χ2v) is 5.25. The van der Waals surface area contributed by atoms with E-state index in [9.17, 15) is 15.0 Å². The summed E-state index contributed by atoms with van der Waals surface area (Å²) in [4.78, 5) is 14.1. The molecule has 5 heteroatoms. The van der Waals surface area contributed by atoms with Crippen molar-refractivity contribution in [3.05, 3.63) is 23.8 Å². The number of carbonyl (C=O) groups is 1. The normalized spacial score (nSPS) is 23.4. The van der Waals surface area contributed by atoms with Crippen molar-refractivity contribution in [3.63, 3.8) is 0 Å². The van der Waals surface area contributed by atoms with E-state index in [2.05, 4.69) is 6.92 Å². The van der Waals surface area contributed by atoms with E-state index in [1.54, 1.807) is 4.90 Å². The van der Waals surface area contributed by atoms with Crippen LogP contribution in [-0.2, 0) is 0 Å². The van der Waals surface area contributed by atoms with Crippen LogP contribution in [0.5, 0.6) is 11.5 Å². The molecule has 1 aliphatic heterocycles. The number of nitrogens with two attached hydrogens (primary N) is 1. The molecule has 0 spiro atoms. The van der Waals surface area contributed by atoms with Crippen molar-refractivity contribution in [2.24, 2.45) is 17.6 Å². The largest absolute Gasteiger partial charge is 0.508 e. The number of piperidine rings is 1. The first-order chi connectivity index (χ1) is 9.01. The smallest absolute Gasteiger partial charge is 0.254 e. The summed E-state index contributed by atoms with van der Waals surface area (Å²) in [5, 5.41) is 18.9. The van der Waals surface area contributed by atoms with Crippen LogP contribution in [0, 0.1) is 11.8 Å². The summed E-state index contributed by atoms with van der Waals surface area (Å²) in [7, 11) is 0. The highest BCUT2D eigenvalue weighted by molar-refractivity contribution is 5.95. The van der Waals surface area contributed by atoms with E-state index in [4.69, 9.17) is 5.73 Å². The highest BCUT2D eigenvalue weighted by Crippen LogP contribution is 2.26. The first-order valence-corrected chi connectivity index (χ1v) is 6.53. The van der Waals surface area contributed by atoms with Crippen LogP contribution in [0.4, 0.5) is 0 Å². The first-order valence-electron chi connectivity index (χ1n) is 6.53. The van der Waals surface area contributed by atoms with Gasteiger partial charge in [0, 0.05) is 24.7 Å². The minimum atomic E-state index is -0.170. The predicted molar refractivity (Wildman–Crippen MR) is 72.0 cm³/mol. The molecule has 2 unspecified atom stereocenters. The van der Waals surface area contributed by atoms with Gasteiger partial charge < -0.3 is 20.8 Å². The van der Waals surface area contributed by atoms with Gasteiger partial charge >= 0.3 is 0 Å².